The number of rotatable bonds is 4. The lowest BCUT2D eigenvalue weighted by Crippen LogP contribution is -2.34. The SMILES string of the molecule is O=C(NC(=O)c1c(Cl)cccc1Cl)Nc1ccc(Sc2ccc(Br)cc2)nc1. The molecule has 142 valence electrons. The fraction of sp³-hybridized carbons (Fsp3) is 0. The van der Waals surface area contributed by atoms with Gasteiger partial charge >= 0.3 is 6.03 Å². The summed E-state index contributed by atoms with van der Waals surface area (Å²) in [5.74, 6) is -0.691. The van der Waals surface area contributed by atoms with Crippen LogP contribution in [0.3, 0.4) is 0 Å². The Hall–Kier alpha value is -2.06. The highest BCUT2D eigenvalue weighted by Gasteiger charge is 2.17. The molecule has 3 aromatic rings. The Labute approximate surface area is 184 Å². The smallest absolute Gasteiger partial charge is 0.306 e. The van der Waals surface area contributed by atoms with Crippen LogP contribution >= 0.6 is 50.9 Å². The van der Waals surface area contributed by atoms with E-state index in [0.717, 1.165) is 14.4 Å². The van der Waals surface area contributed by atoms with Gasteiger partial charge < -0.3 is 5.32 Å². The Bertz CT molecular complexity index is 994. The highest BCUT2D eigenvalue weighted by Crippen LogP contribution is 2.28. The van der Waals surface area contributed by atoms with Crippen molar-refractivity contribution in [2.75, 3.05) is 5.32 Å². The van der Waals surface area contributed by atoms with Gasteiger partial charge in [0.2, 0.25) is 0 Å². The second-order valence-corrected chi connectivity index (χ2v) is 8.27. The molecule has 2 aromatic carbocycles. The quantitative estimate of drug-likeness (QED) is 0.446. The minimum absolute atomic E-state index is 0.0420. The number of pyridine rings is 1. The Morgan fingerprint density at radius 3 is 2.25 bits per heavy atom. The van der Waals surface area contributed by atoms with E-state index in [9.17, 15) is 9.59 Å². The number of carbonyl (C=O) groups excluding carboxylic acids is 2. The van der Waals surface area contributed by atoms with Crippen molar-refractivity contribution < 1.29 is 9.59 Å². The molecule has 0 atom stereocenters. The van der Waals surface area contributed by atoms with Crippen molar-refractivity contribution in [3.63, 3.8) is 0 Å². The summed E-state index contributed by atoms with van der Waals surface area (Å²) in [6.07, 6.45) is 1.51. The highest BCUT2D eigenvalue weighted by molar-refractivity contribution is 9.10. The van der Waals surface area contributed by atoms with Crippen molar-refractivity contribution in [1.82, 2.24) is 10.3 Å². The topological polar surface area (TPSA) is 71.1 Å². The van der Waals surface area contributed by atoms with E-state index >= 15 is 0 Å². The number of anilines is 1. The van der Waals surface area contributed by atoms with E-state index in [1.165, 1.54) is 30.1 Å². The van der Waals surface area contributed by atoms with Crippen LogP contribution in [0.5, 0.6) is 0 Å². The van der Waals surface area contributed by atoms with Gasteiger partial charge in [-0.1, -0.05) is 57.0 Å². The number of urea groups is 1. The first kappa shape index (κ1) is 20.7. The molecule has 0 radical (unpaired) electrons. The summed E-state index contributed by atoms with van der Waals surface area (Å²) >= 11 is 16.8. The zero-order chi connectivity index (χ0) is 20.1. The lowest BCUT2D eigenvalue weighted by molar-refractivity contribution is 0.0967. The Morgan fingerprint density at radius 2 is 1.64 bits per heavy atom. The molecule has 0 aliphatic heterocycles. The molecule has 28 heavy (non-hydrogen) atoms. The van der Waals surface area contributed by atoms with Gasteiger partial charge in [0.1, 0.15) is 5.03 Å². The van der Waals surface area contributed by atoms with Crippen LogP contribution in [0, 0.1) is 0 Å². The summed E-state index contributed by atoms with van der Waals surface area (Å²) in [7, 11) is 0. The number of halogens is 3. The van der Waals surface area contributed by atoms with E-state index in [-0.39, 0.29) is 15.6 Å². The minimum Gasteiger partial charge on any atom is -0.306 e. The van der Waals surface area contributed by atoms with Crippen molar-refractivity contribution in [2.24, 2.45) is 0 Å². The number of nitrogens with zero attached hydrogens (tertiary/aromatic N) is 1. The molecule has 0 bridgehead atoms. The zero-order valence-electron chi connectivity index (χ0n) is 14.1. The molecule has 0 saturated carbocycles. The predicted molar refractivity (Wildman–Crippen MR) is 115 cm³/mol. The molecule has 3 amide bonds. The van der Waals surface area contributed by atoms with Gasteiger partial charge in [0.25, 0.3) is 5.91 Å². The van der Waals surface area contributed by atoms with Crippen LogP contribution in [0.2, 0.25) is 10.0 Å². The van der Waals surface area contributed by atoms with E-state index in [4.69, 9.17) is 23.2 Å². The summed E-state index contributed by atoms with van der Waals surface area (Å²) in [6.45, 7) is 0. The van der Waals surface area contributed by atoms with Gasteiger partial charge in [0.15, 0.2) is 0 Å². The normalized spacial score (nSPS) is 10.4. The molecule has 2 N–H and O–H groups in total. The van der Waals surface area contributed by atoms with E-state index in [1.54, 1.807) is 18.2 Å². The lowest BCUT2D eigenvalue weighted by Gasteiger charge is -2.09. The molecule has 0 spiro atoms. The number of imide groups is 1. The Kier molecular flexibility index (Phi) is 6.96. The first-order valence-corrected chi connectivity index (χ1v) is 10.2. The number of nitrogens with one attached hydrogen (secondary N) is 2. The van der Waals surface area contributed by atoms with Gasteiger partial charge in [-0.05, 0) is 48.5 Å². The molecule has 1 heterocycles. The van der Waals surface area contributed by atoms with Crippen LogP contribution < -0.4 is 10.6 Å². The molecular formula is C19H12BrCl2N3O2S. The number of hydrogen-bond donors (Lipinski definition) is 2. The molecule has 1 aromatic heterocycles. The molecule has 0 aliphatic carbocycles. The molecule has 0 saturated heterocycles. The van der Waals surface area contributed by atoms with Crippen molar-refractivity contribution in [1.29, 1.82) is 0 Å². The molecular weight excluding hydrogens is 485 g/mol. The first-order valence-electron chi connectivity index (χ1n) is 7.88. The third-order valence-corrected chi connectivity index (χ3v) is 5.56. The van der Waals surface area contributed by atoms with Crippen molar-refractivity contribution in [3.8, 4) is 0 Å². The summed E-state index contributed by atoms with van der Waals surface area (Å²) in [6, 6.07) is 15.3. The summed E-state index contributed by atoms with van der Waals surface area (Å²) in [4.78, 5) is 29.6. The fourth-order valence-corrected chi connectivity index (χ4v) is 3.77. The minimum atomic E-state index is -0.712. The first-order chi connectivity index (χ1) is 13.4. The molecule has 9 heteroatoms. The number of carbonyl (C=O) groups is 2. The second kappa shape index (κ2) is 9.43. The summed E-state index contributed by atoms with van der Waals surface area (Å²) < 4.78 is 1.00. The number of benzene rings is 2. The van der Waals surface area contributed by atoms with E-state index < -0.39 is 11.9 Å². The Morgan fingerprint density at radius 1 is 0.964 bits per heavy atom. The van der Waals surface area contributed by atoms with E-state index in [2.05, 4.69) is 31.5 Å². The van der Waals surface area contributed by atoms with E-state index in [1.807, 2.05) is 24.3 Å². The summed E-state index contributed by atoms with van der Waals surface area (Å²) in [5.41, 5.74) is 0.482. The van der Waals surface area contributed by atoms with Crippen LogP contribution in [0.1, 0.15) is 10.4 Å². The molecule has 0 unspecified atom stereocenters. The standard InChI is InChI=1S/C19H12BrCl2N3O2S/c20-11-4-7-13(8-5-11)28-16-9-6-12(10-23-16)24-19(27)25-18(26)17-14(21)2-1-3-15(17)22/h1-10H,(H2,24,25,26,27). The maximum absolute atomic E-state index is 12.2. The third kappa shape index (κ3) is 5.48. The average Bonchev–Trinajstić information content (AvgIpc) is 2.65. The van der Waals surface area contributed by atoms with Crippen LogP contribution in [0.15, 0.2) is 75.2 Å². The highest BCUT2D eigenvalue weighted by atomic mass is 79.9. The van der Waals surface area contributed by atoms with Crippen molar-refractivity contribution in [3.05, 3.63) is 80.9 Å². The predicted octanol–water partition coefficient (Wildman–Crippen LogP) is 6.26. The lowest BCUT2D eigenvalue weighted by atomic mass is 10.2. The number of aromatic nitrogens is 1. The summed E-state index contributed by atoms with van der Waals surface area (Å²) in [5, 5.41) is 5.83. The maximum atomic E-state index is 12.2. The van der Waals surface area contributed by atoms with Crippen LogP contribution in [-0.2, 0) is 0 Å². The fourth-order valence-electron chi connectivity index (χ4n) is 2.18. The molecule has 0 fully saturated rings. The number of hydrogen-bond acceptors (Lipinski definition) is 4. The average molecular weight is 497 g/mol. The third-order valence-electron chi connectivity index (χ3n) is 3.45. The second-order valence-electron chi connectivity index (χ2n) is 5.45. The Balaban J connectivity index is 1.60. The van der Waals surface area contributed by atoms with Crippen molar-refractivity contribution >= 4 is 68.5 Å². The van der Waals surface area contributed by atoms with Gasteiger partial charge in [0.05, 0.1) is 27.5 Å². The van der Waals surface area contributed by atoms with Crippen LogP contribution in [0.4, 0.5) is 10.5 Å². The molecule has 3 rings (SSSR count). The molecule has 0 aliphatic rings. The zero-order valence-corrected chi connectivity index (χ0v) is 18.0. The van der Waals surface area contributed by atoms with Gasteiger partial charge in [-0.15, -0.1) is 0 Å². The van der Waals surface area contributed by atoms with Gasteiger partial charge in [-0.3, -0.25) is 10.1 Å². The monoisotopic (exact) mass is 495 g/mol. The van der Waals surface area contributed by atoms with Gasteiger partial charge in [0, 0.05) is 9.37 Å². The van der Waals surface area contributed by atoms with Crippen LogP contribution in [0.25, 0.3) is 0 Å². The molecule has 5 nitrogen and oxygen atoms in total. The van der Waals surface area contributed by atoms with Crippen LogP contribution in [-0.4, -0.2) is 16.9 Å². The largest absolute Gasteiger partial charge is 0.326 e. The number of amides is 3. The van der Waals surface area contributed by atoms with E-state index in [0.29, 0.717) is 5.69 Å². The van der Waals surface area contributed by atoms with Gasteiger partial charge in [-0.25, -0.2) is 9.78 Å². The van der Waals surface area contributed by atoms with Crippen molar-refractivity contribution in [2.45, 2.75) is 9.92 Å². The van der Waals surface area contributed by atoms with Gasteiger partial charge in [-0.2, -0.15) is 0 Å². The maximum Gasteiger partial charge on any atom is 0.326 e.